The fourth-order valence-corrected chi connectivity index (χ4v) is 2.04. The van der Waals surface area contributed by atoms with Gasteiger partial charge in [-0.15, -0.1) is 3.89 Å². The van der Waals surface area contributed by atoms with E-state index in [1.54, 1.807) is 0 Å². The monoisotopic (exact) mass is 304 g/mol. The van der Waals surface area contributed by atoms with Crippen molar-refractivity contribution in [2.75, 3.05) is 6.61 Å². The summed E-state index contributed by atoms with van der Waals surface area (Å²) in [5, 5.41) is 0. The number of hydrogen-bond acceptors (Lipinski definition) is 4. The molecule has 0 N–H and O–H groups in total. The predicted octanol–water partition coefficient (Wildman–Crippen LogP) is 3.32. The van der Waals surface area contributed by atoms with Gasteiger partial charge in [0, 0.05) is 6.42 Å². The maximum absolute atomic E-state index is 12.7. The van der Waals surface area contributed by atoms with Crippen molar-refractivity contribution in [1.29, 1.82) is 0 Å². The van der Waals surface area contributed by atoms with Gasteiger partial charge < -0.3 is 9.47 Å². The fourth-order valence-electron chi connectivity index (χ4n) is 1.58. The van der Waals surface area contributed by atoms with E-state index in [0.29, 0.717) is 18.8 Å². The van der Waals surface area contributed by atoms with Gasteiger partial charge in [0.15, 0.2) is 0 Å². The summed E-state index contributed by atoms with van der Waals surface area (Å²) in [6, 6.07) is 5.26. The lowest BCUT2D eigenvalue weighted by Crippen LogP contribution is -2.30. The Kier molecular flexibility index (Phi) is 5.53. The summed E-state index contributed by atoms with van der Waals surface area (Å²) in [7, 11) is -4.66. The van der Waals surface area contributed by atoms with Crippen LogP contribution in [0.5, 0.6) is 5.75 Å². The van der Waals surface area contributed by atoms with Gasteiger partial charge in [-0.2, -0.15) is 8.42 Å². The molecule has 0 atom stereocenters. The van der Waals surface area contributed by atoms with Crippen LogP contribution < -0.4 is 4.74 Å². The molecule has 0 saturated carbocycles. The molecule has 20 heavy (non-hydrogen) atoms. The summed E-state index contributed by atoms with van der Waals surface area (Å²) in [5.74, 6) is 0.493. The van der Waals surface area contributed by atoms with Crippen LogP contribution in [0, 0.1) is 0 Å². The largest absolute Gasteiger partial charge is 0.488 e. The zero-order valence-electron chi connectivity index (χ0n) is 12.2. The molecule has 0 radical (unpaired) electrons. The molecule has 0 saturated heterocycles. The van der Waals surface area contributed by atoms with Gasteiger partial charge in [0.25, 0.3) is 0 Å². The fraction of sp³-hybridized carbons (Fsp3) is 0.571. The Morgan fingerprint density at radius 3 is 2.20 bits per heavy atom. The van der Waals surface area contributed by atoms with E-state index in [2.05, 4.69) is 0 Å². The van der Waals surface area contributed by atoms with Gasteiger partial charge in [-0.05, 0) is 52.0 Å². The summed E-state index contributed by atoms with van der Waals surface area (Å²) in [6.45, 7) is 8.32. The van der Waals surface area contributed by atoms with E-state index in [0.717, 1.165) is 0 Å². The van der Waals surface area contributed by atoms with E-state index in [9.17, 15) is 12.3 Å². The van der Waals surface area contributed by atoms with E-state index in [-0.39, 0.29) is 11.0 Å². The van der Waals surface area contributed by atoms with Gasteiger partial charge in [0.1, 0.15) is 11.4 Å². The Hall–Kier alpha value is -1.14. The van der Waals surface area contributed by atoms with Gasteiger partial charge in [-0.25, -0.2) is 0 Å². The van der Waals surface area contributed by atoms with E-state index in [1.165, 1.54) is 24.3 Å². The highest BCUT2D eigenvalue weighted by molar-refractivity contribution is 7.86. The normalized spacial score (nSPS) is 12.7. The van der Waals surface area contributed by atoms with Crippen molar-refractivity contribution in [2.45, 2.75) is 50.7 Å². The van der Waals surface area contributed by atoms with Gasteiger partial charge in [-0.1, -0.05) is 0 Å². The third-order valence-corrected chi connectivity index (χ3v) is 3.49. The van der Waals surface area contributed by atoms with E-state index >= 15 is 0 Å². The van der Waals surface area contributed by atoms with Gasteiger partial charge in [-0.3, -0.25) is 0 Å². The number of rotatable bonds is 7. The smallest absolute Gasteiger partial charge is 0.332 e. The highest BCUT2D eigenvalue weighted by atomic mass is 32.3. The lowest BCUT2D eigenvalue weighted by molar-refractivity contribution is 0.0231. The Morgan fingerprint density at radius 1 is 1.20 bits per heavy atom. The van der Waals surface area contributed by atoms with Crippen LogP contribution in [0.15, 0.2) is 29.2 Å². The summed E-state index contributed by atoms with van der Waals surface area (Å²) in [5.41, 5.74) is -0.453. The maximum atomic E-state index is 12.7. The molecule has 0 aliphatic heterocycles. The molecule has 0 fully saturated rings. The molecular weight excluding hydrogens is 283 g/mol. The number of ether oxygens (including phenoxy) is 2. The van der Waals surface area contributed by atoms with Crippen molar-refractivity contribution in [3.63, 3.8) is 0 Å². The average molecular weight is 304 g/mol. The van der Waals surface area contributed by atoms with Gasteiger partial charge in [0.05, 0.1) is 17.6 Å². The maximum Gasteiger partial charge on any atom is 0.332 e. The van der Waals surface area contributed by atoms with Crippen molar-refractivity contribution in [2.24, 2.45) is 0 Å². The molecule has 4 nitrogen and oxygen atoms in total. The highest BCUT2D eigenvalue weighted by Gasteiger charge is 2.20. The first kappa shape index (κ1) is 16.9. The van der Waals surface area contributed by atoms with Crippen LogP contribution >= 0.6 is 0 Å². The quantitative estimate of drug-likeness (QED) is 0.725. The standard InChI is InChI=1S/C14H21FO4S/c1-11(2)18-10-9-14(3,4)19-12-5-7-13(8-6-12)20(15,16)17/h5-8,11H,9-10H2,1-4H3. The summed E-state index contributed by atoms with van der Waals surface area (Å²) in [6.07, 6.45) is 0.855. The van der Waals surface area contributed by atoms with Gasteiger partial charge in [0.2, 0.25) is 0 Å². The lowest BCUT2D eigenvalue weighted by Gasteiger charge is -2.27. The summed E-state index contributed by atoms with van der Waals surface area (Å²) >= 11 is 0. The SMILES string of the molecule is CC(C)OCCC(C)(C)Oc1ccc(S(=O)(=O)F)cc1. The molecule has 6 heteroatoms. The molecule has 114 valence electrons. The number of halogens is 1. The molecule has 1 aromatic carbocycles. The molecule has 1 rings (SSSR count). The van der Waals surface area contributed by atoms with Crippen LogP contribution in [0.2, 0.25) is 0 Å². The zero-order chi connectivity index (χ0) is 15.4. The molecule has 0 spiro atoms. The summed E-state index contributed by atoms with van der Waals surface area (Å²) < 4.78 is 45.4. The molecule has 0 heterocycles. The minimum atomic E-state index is -4.66. The minimum Gasteiger partial charge on any atom is -0.488 e. The third kappa shape index (κ3) is 5.88. The van der Waals surface area contributed by atoms with E-state index < -0.39 is 15.8 Å². The average Bonchev–Trinajstić information content (AvgIpc) is 2.26. The molecule has 0 amide bonds. The highest BCUT2D eigenvalue weighted by Crippen LogP contribution is 2.23. The number of benzene rings is 1. The van der Waals surface area contributed by atoms with Crippen LogP contribution in [0.25, 0.3) is 0 Å². The van der Waals surface area contributed by atoms with Crippen molar-refractivity contribution >= 4 is 10.2 Å². The first-order valence-corrected chi connectivity index (χ1v) is 7.84. The second-order valence-electron chi connectivity index (χ2n) is 5.44. The molecule has 0 aliphatic rings. The second kappa shape index (κ2) is 6.54. The molecule has 0 bridgehead atoms. The molecule has 0 aliphatic carbocycles. The number of hydrogen-bond donors (Lipinski definition) is 0. The van der Waals surface area contributed by atoms with Crippen LogP contribution in [-0.2, 0) is 15.0 Å². The van der Waals surface area contributed by atoms with Crippen LogP contribution in [0.3, 0.4) is 0 Å². The first-order chi connectivity index (χ1) is 9.10. The Labute approximate surface area is 120 Å². The second-order valence-corrected chi connectivity index (χ2v) is 6.79. The Balaban J connectivity index is 2.63. The topological polar surface area (TPSA) is 52.6 Å². The van der Waals surface area contributed by atoms with Crippen molar-refractivity contribution in [1.82, 2.24) is 0 Å². The van der Waals surface area contributed by atoms with E-state index in [1.807, 2.05) is 27.7 Å². The summed E-state index contributed by atoms with van der Waals surface area (Å²) in [4.78, 5) is -0.370. The van der Waals surface area contributed by atoms with Crippen LogP contribution in [0.4, 0.5) is 3.89 Å². The van der Waals surface area contributed by atoms with Gasteiger partial charge >= 0.3 is 10.2 Å². The molecule has 1 aromatic rings. The van der Waals surface area contributed by atoms with Crippen LogP contribution in [-0.4, -0.2) is 26.7 Å². The van der Waals surface area contributed by atoms with E-state index in [4.69, 9.17) is 9.47 Å². The minimum absolute atomic E-state index is 0.167. The zero-order valence-corrected chi connectivity index (χ0v) is 13.0. The third-order valence-electron chi connectivity index (χ3n) is 2.65. The molecular formula is C14H21FO4S. The molecule has 0 aromatic heterocycles. The predicted molar refractivity (Wildman–Crippen MR) is 75.1 cm³/mol. The van der Waals surface area contributed by atoms with Crippen molar-refractivity contribution in [3.8, 4) is 5.75 Å². The molecule has 0 unspecified atom stereocenters. The Morgan fingerprint density at radius 2 is 1.75 bits per heavy atom. The van der Waals surface area contributed by atoms with Crippen molar-refractivity contribution < 1.29 is 21.8 Å². The van der Waals surface area contributed by atoms with Crippen LogP contribution in [0.1, 0.15) is 34.1 Å². The first-order valence-electron chi connectivity index (χ1n) is 6.45. The van der Waals surface area contributed by atoms with Crippen molar-refractivity contribution in [3.05, 3.63) is 24.3 Å². The Bertz CT molecular complexity index is 521. The lowest BCUT2D eigenvalue weighted by atomic mass is 10.1.